The quantitative estimate of drug-likeness (QED) is 0.360. The molecule has 0 N–H and O–H groups in total. The predicted octanol–water partition coefficient (Wildman–Crippen LogP) is 6.60. The van der Waals surface area contributed by atoms with Gasteiger partial charge in [-0.05, 0) is 67.3 Å². The number of nitrogens with zero attached hydrogens (tertiary/aromatic N) is 1. The van der Waals surface area contributed by atoms with Crippen LogP contribution in [0.5, 0.6) is 0 Å². The fourth-order valence-electron chi connectivity index (χ4n) is 4.54. The van der Waals surface area contributed by atoms with E-state index in [1.54, 1.807) is 0 Å². The van der Waals surface area contributed by atoms with Gasteiger partial charge in [0.2, 0.25) is 14.2 Å². The number of para-hydroxylation sites is 1. The maximum absolute atomic E-state index is 13.0. The molecule has 0 unspecified atom stereocenters. The van der Waals surface area contributed by atoms with Crippen LogP contribution in [-0.4, -0.2) is 33.6 Å². The van der Waals surface area contributed by atoms with Gasteiger partial charge in [-0.15, -0.1) is 11.3 Å². The Morgan fingerprint density at radius 2 is 1.90 bits per heavy atom. The predicted molar refractivity (Wildman–Crippen MR) is 132 cm³/mol. The first-order chi connectivity index (χ1) is 14.3. The average molecular weight is 478 g/mol. The van der Waals surface area contributed by atoms with Crippen molar-refractivity contribution in [2.24, 2.45) is 11.3 Å². The highest BCUT2D eigenvalue weighted by molar-refractivity contribution is 7.93. The third-order valence-electron chi connectivity index (χ3n) is 7.84. The van der Waals surface area contributed by atoms with E-state index in [1.165, 1.54) is 29.8 Å². The highest BCUT2D eigenvalue weighted by Crippen LogP contribution is 2.62. The molecule has 0 radical (unpaired) electrons. The van der Waals surface area contributed by atoms with Crippen LogP contribution in [0.15, 0.2) is 40.3 Å². The Bertz CT molecular complexity index is 1070. The van der Waals surface area contributed by atoms with Gasteiger partial charge in [0.05, 0.1) is 22.1 Å². The van der Waals surface area contributed by atoms with Gasteiger partial charge in [-0.25, -0.2) is 13.4 Å². The topological polar surface area (TPSA) is 56.3 Å². The van der Waals surface area contributed by atoms with Crippen molar-refractivity contribution in [3.05, 3.63) is 35.9 Å². The summed E-state index contributed by atoms with van der Waals surface area (Å²) in [4.78, 5) is 4.37. The molecule has 1 spiro atoms. The van der Waals surface area contributed by atoms with E-state index in [4.69, 9.17) is 4.43 Å². The van der Waals surface area contributed by atoms with Crippen LogP contribution in [0.25, 0.3) is 10.2 Å². The Labute approximate surface area is 192 Å². The molecular weight excluding hydrogens is 442 g/mol. The van der Waals surface area contributed by atoms with Crippen LogP contribution in [0.3, 0.4) is 0 Å². The molecule has 1 aromatic heterocycles. The van der Waals surface area contributed by atoms with Gasteiger partial charge in [-0.2, -0.15) is 0 Å². The first-order valence-corrected chi connectivity index (χ1v) is 16.7. The Kier molecular flexibility index (Phi) is 5.81. The van der Waals surface area contributed by atoms with Crippen molar-refractivity contribution in [3.8, 4) is 0 Å². The summed E-state index contributed by atoms with van der Waals surface area (Å²) in [7, 11) is -5.31. The van der Waals surface area contributed by atoms with Crippen LogP contribution in [0.1, 0.15) is 53.4 Å². The molecule has 0 amide bonds. The number of sulfone groups is 1. The Morgan fingerprint density at radius 3 is 2.52 bits per heavy atom. The van der Waals surface area contributed by atoms with Crippen LogP contribution >= 0.6 is 11.3 Å². The molecule has 1 aromatic carbocycles. The van der Waals surface area contributed by atoms with Gasteiger partial charge in [-0.1, -0.05) is 51.5 Å². The van der Waals surface area contributed by atoms with Crippen LogP contribution in [0, 0.1) is 11.3 Å². The van der Waals surface area contributed by atoms with Gasteiger partial charge in [-0.3, -0.25) is 0 Å². The second kappa shape index (κ2) is 7.78. The van der Waals surface area contributed by atoms with Gasteiger partial charge in [0.25, 0.3) is 0 Å². The highest BCUT2D eigenvalue weighted by Gasteiger charge is 2.57. The number of aromatic nitrogens is 1. The van der Waals surface area contributed by atoms with E-state index < -0.39 is 18.2 Å². The molecule has 2 aliphatic carbocycles. The number of thiazole rings is 1. The second-order valence-corrected chi connectivity index (χ2v) is 19.0. The second-order valence-electron chi connectivity index (χ2n) is 11.0. The van der Waals surface area contributed by atoms with Crippen molar-refractivity contribution < 1.29 is 12.8 Å². The van der Waals surface area contributed by atoms with Crippen molar-refractivity contribution >= 4 is 39.7 Å². The summed E-state index contributed by atoms with van der Waals surface area (Å²) in [5.41, 5.74) is 2.29. The smallest absolute Gasteiger partial charge is 0.210 e. The van der Waals surface area contributed by atoms with Gasteiger partial charge < -0.3 is 4.43 Å². The fourth-order valence-corrected chi connectivity index (χ4v) is 8.44. The van der Waals surface area contributed by atoms with E-state index in [-0.39, 0.29) is 21.2 Å². The zero-order chi connectivity index (χ0) is 22.7. The summed E-state index contributed by atoms with van der Waals surface area (Å²) in [5.74, 6) is 0.557. The molecule has 2 atom stereocenters. The van der Waals surface area contributed by atoms with E-state index in [1.807, 2.05) is 30.3 Å². The van der Waals surface area contributed by atoms with E-state index in [2.05, 4.69) is 45.8 Å². The van der Waals surface area contributed by atoms with Crippen LogP contribution in [0.4, 0.5) is 0 Å². The number of fused-ring (bicyclic) bond motifs is 1. The minimum Gasteiger partial charge on any atom is -0.413 e. The molecule has 2 aromatic rings. The first-order valence-electron chi connectivity index (χ1n) is 11.3. The lowest BCUT2D eigenvalue weighted by Crippen LogP contribution is -2.48. The van der Waals surface area contributed by atoms with Crippen molar-refractivity contribution in [2.75, 3.05) is 5.75 Å². The molecule has 2 aliphatic rings. The van der Waals surface area contributed by atoms with Crippen molar-refractivity contribution in [1.82, 2.24) is 4.98 Å². The van der Waals surface area contributed by atoms with E-state index in [0.29, 0.717) is 11.3 Å². The minimum atomic E-state index is -3.43. The Balaban J connectivity index is 1.54. The molecule has 4 nitrogen and oxygen atoms in total. The molecule has 1 heterocycles. The van der Waals surface area contributed by atoms with Crippen molar-refractivity contribution in [1.29, 1.82) is 0 Å². The largest absolute Gasteiger partial charge is 0.413 e. The lowest BCUT2D eigenvalue weighted by atomic mass is 9.73. The van der Waals surface area contributed by atoms with Crippen LogP contribution in [-0.2, 0) is 14.3 Å². The standard InChI is InChI=1S/C24H35NO3S2Si/c1-17-15-18(16-21(24(17)12-13-24)28-31(5,6)23(2,3)4)11-14-30(26,27)22-25-19-9-7-8-10-20(19)29-22/h7-11,17,21H,12-16H2,1-6H3/b18-11-/t17-,21-/m1/s1. The lowest BCUT2D eigenvalue weighted by Gasteiger charge is -2.46. The van der Waals surface area contributed by atoms with Gasteiger partial charge in [0.15, 0.2) is 8.32 Å². The molecular formula is C24H35NO3S2Si. The molecule has 2 saturated carbocycles. The maximum Gasteiger partial charge on any atom is 0.210 e. The average Bonchev–Trinajstić information content (AvgIpc) is 3.34. The molecule has 0 saturated heterocycles. The Morgan fingerprint density at radius 1 is 1.23 bits per heavy atom. The molecule has 170 valence electrons. The summed E-state index contributed by atoms with van der Waals surface area (Å²) in [6.07, 6.45) is 6.50. The lowest BCUT2D eigenvalue weighted by molar-refractivity contribution is 0.0498. The molecule has 7 heteroatoms. The summed E-state index contributed by atoms with van der Waals surface area (Å²) in [6, 6.07) is 7.59. The van der Waals surface area contributed by atoms with Gasteiger partial charge in [0, 0.05) is 0 Å². The number of benzene rings is 1. The maximum atomic E-state index is 13.0. The minimum absolute atomic E-state index is 0.0225. The van der Waals surface area contributed by atoms with E-state index in [0.717, 1.165) is 23.1 Å². The molecule has 31 heavy (non-hydrogen) atoms. The van der Waals surface area contributed by atoms with Crippen molar-refractivity contribution in [2.45, 2.75) is 82.0 Å². The number of hydrogen-bond acceptors (Lipinski definition) is 5. The van der Waals surface area contributed by atoms with Crippen molar-refractivity contribution in [3.63, 3.8) is 0 Å². The zero-order valence-electron chi connectivity index (χ0n) is 19.6. The Hall–Kier alpha value is -1.02. The molecule has 0 bridgehead atoms. The van der Waals surface area contributed by atoms with E-state index >= 15 is 0 Å². The van der Waals surface area contributed by atoms with Crippen LogP contribution < -0.4 is 0 Å². The molecule has 2 fully saturated rings. The van der Waals surface area contributed by atoms with Crippen LogP contribution in [0.2, 0.25) is 18.1 Å². The summed E-state index contributed by atoms with van der Waals surface area (Å²) >= 11 is 1.26. The SMILES string of the molecule is C[C@@H]1C/C(=C/CS(=O)(=O)c2nc3ccccc3s2)C[C@@H](O[Si](C)(C)C(C)(C)C)C12CC2. The van der Waals surface area contributed by atoms with E-state index in [9.17, 15) is 8.42 Å². The summed E-state index contributed by atoms with van der Waals surface area (Å²) < 4.78 is 34.0. The van der Waals surface area contributed by atoms with Gasteiger partial charge >= 0.3 is 0 Å². The number of rotatable bonds is 5. The summed E-state index contributed by atoms with van der Waals surface area (Å²) in [5, 5.41) is 0.170. The summed E-state index contributed by atoms with van der Waals surface area (Å²) in [6.45, 7) is 13.8. The molecule has 4 rings (SSSR count). The molecule has 0 aliphatic heterocycles. The first kappa shape index (κ1) is 23.1. The normalized spacial score (nSPS) is 25.4. The third-order valence-corrected chi connectivity index (χ3v) is 15.4. The monoisotopic (exact) mass is 477 g/mol. The number of hydrogen-bond donors (Lipinski definition) is 0. The fraction of sp³-hybridized carbons (Fsp3) is 0.625. The third kappa shape index (κ3) is 4.43. The van der Waals surface area contributed by atoms with Gasteiger partial charge in [0.1, 0.15) is 0 Å². The highest BCUT2D eigenvalue weighted by atomic mass is 32.2. The zero-order valence-corrected chi connectivity index (χ0v) is 22.2.